The van der Waals surface area contributed by atoms with Crippen molar-refractivity contribution in [3.05, 3.63) is 34.4 Å². The molecule has 0 heterocycles. The monoisotopic (exact) mass is 240 g/mol. The van der Waals surface area contributed by atoms with Crippen LogP contribution in [0.1, 0.15) is 0 Å². The Hall–Kier alpha value is -0.670. The number of para-hydroxylation sites is 1. The molecule has 76 valence electrons. The van der Waals surface area contributed by atoms with Crippen LogP contribution in [0.2, 0.25) is 0 Å². The van der Waals surface area contributed by atoms with Gasteiger partial charge in [0, 0.05) is 0 Å². The zero-order valence-corrected chi connectivity index (χ0v) is 10.5. The second-order valence-electron chi connectivity index (χ2n) is 2.32. The summed E-state index contributed by atoms with van der Waals surface area (Å²) in [4.78, 5) is 9.40. The van der Waals surface area contributed by atoms with E-state index < -0.39 is 20.0 Å². The van der Waals surface area contributed by atoms with E-state index in [0.29, 0.717) is 0 Å². The van der Waals surface area contributed by atoms with Gasteiger partial charge in [0.25, 0.3) is 0 Å². The van der Waals surface area contributed by atoms with Crippen molar-refractivity contribution in [1.82, 2.24) is 0 Å². The number of rotatable bonds is 3. The van der Waals surface area contributed by atoms with E-state index in [1.54, 1.807) is 5.43 Å². The third kappa shape index (κ3) is 4.14. The molecule has 1 aromatic carbocycles. The van der Waals surface area contributed by atoms with Crippen molar-refractivity contribution in [2.45, 2.75) is 4.90 Å². The molecule has 0 atom stereocenters. The van der Waals surface area contributed by atoms with E-state index in [4.69, 9.17) is 0 Å². The molecule has 0 aliphatic rings. The van der Waals surface area contributed by atoms with Crippen LogP contribution in [0.15, 0.2) is 29.2 Å². The molecule has 0 saturated carbocycles. The average Bonchev–Trinajstić information content (AvgIpc) is 2.01. The van der Waals surface area contributed by atoms with Crippen molar-refractivity contribution in [1.29, 1.82) is 0 Å². The fourth-order valence-electron chi connectivity index (χ4n) is 0.875. The van der Waals surface area contributed by atoms with Gasteiger partial charge in [-0.2, -0.15) is 0 Å². The van der Waals surface area contributed by atoms with Gasteiger partial charge < -0.3 is 4.55 Å². The molecule has 1 N–H and O–H groups in total. The van der Waals surface area contributed by atoms with Gasteiger partial charge in [0.15, 0.2) is 5.03 Å². The first-order chi connectivity index (χ1) is 6.41. The van der Waals surface area contributed by atoms with E-state index in [2.05, 4.69) is 0 Å². The normalized spacial score (nSPS) is 10.2. The zero-order chi connectivity index (χ0) is 10.8. The molecule has 0 radical (unpaired) electrons. The summed E-state index contributed by atoms with van der Waals surface area (Å²) in [6, 6.07) is 4.80. The predicted molar refractivity (Wildman–Crippen MR) is 45.0 cm³/mol. The molecule has 7 nitrogen and oxygen atoms in total. The largest absolute Gasteiger partial charge is 1.00 e. The van der Waals surface area contributed by atoms with Gasteiger partial charge in [0.2, 0.25) is 0 Å². The number of hydrogen-bond donors (Lipinski definition) is 1. The van der Waals surface area contributed by atoms with Gasteiger partial charge in [0.1, 0.15) is 15.8 Å². The molecule has 0 amide bonds. The maximum atomic E-state index is 10.6. The quantitative estimate of drug-likeness (QED) is 0.264. The molecule has 0 unspecified atom stereocenters. The Balaban J connectivity index is 0.00000196. The summed E-state index contributed by atoms with van der Waals surface area (Å²) in [6.07, 6.45) is 0. The van der Waals surface area contributed by atoms with E-state index in [0.717, 1.165) is 12.1 Å². The maximum absolute atomic E-state index is 10.6. The molecule has 0 spiro atoms. The number of benzene rings is 1. The van der Waals surface area contributed by atoms with Gasteiger partial charge in [-0.1, -0.05) is 12.1 Å². The van der Waals surface area contributed by atoms with E-state index >= 15 is 0 Å². The number of nitrogens with zero attached hydrogens (tertiary/aromatic N) is 1. The standard InChI is InChI=1S/C6H6N2O5S.Na/c9-8(10)7-5-3-1-2-4-6(5)14(11,12)13;/h1-4,7H,(H,11,12,13);/q;+1/p-1. The minimum Gasteiger partial charge on any atom is -0.744 e. The van der Waals surface area contributed by atoms with Crippen LogP contribution in [0.25, 0.3) is 0 Å². The molecule has 0 aromatic heterocycles. The third-order valence-corrected chi connectivity index (χ3v) is 2.26. The molecule has 15 heavy (non-hydrogen) atoms. The summed E-state index contributed by atoms with van der Waals surface area (Å²) >= 11 is 0. The molecule has 0 saturated heterocycles. The second-order valence-corrected chi connectivity index (χ2v) is 3.67. The fourth-order valence-corrected chi connectivity index (χ4v) is 1.50. The Morgan fingerprint density at radius 3 is 2.27 bits per heavy atom. The molecule has 9 heteroatoms. The predicted octanol–water partition coefficient (Wildman–Crippen LogP) is -2.80. The average molecular weight is 240 g/mol. The van der Waals surface area contributed by atoms with Crippen LogP contribution < -0.4 is 35.0 Å². The Kier molecular flexibility index (Phi) is 5.18. The van der Waals surface area contributed by atoms with Crippen molar-refractivity contribution in [3.8, 4) is 0 Å². The smallest absolute Gasteiger partial charge is 0.744 e. The summed E-state index contributed by atoms with van der Waals surface area (Å²) in [7, 11) is -4.70. The number of hydrazine groups is 1. The first-order valence-corrected chi connectivity index (χ1v) is 4.78. The molecule has 1 aromatic rings. The molecule has 0 aliphatic carbocycles. The van der Waals surface area contributed by atoms with Crippen LogP contribution in [0, 0.1) is 10.1 Å². The summed E-state index contributed by atoms with van der Waals surface area (Å²) < 4.78 is 31.9. The van der Waals surface area contributed by atoms with Gasteiger partial charge in [-0.3, -0.25) is 0 Å². The van der Waals surface area contributed by atoms with Gasteiger partial charge in [0.05, 0.1) is 4.90 Å². The Morgan fingerprint density at radius 1 is 1.27 bits per heavy atom. The van der Waals surface area contributed by atoms with Crippen molar-refractivity contribution in [3.63, 3.8) is 0 Å². The number of anilines is 1. The van der Waals surface area contributed by atoms with Crippen molar-refractivity contribution in [2.75, 3.05) is 5.43 Å². The van der Waals surface area contributed by atoms with Gasteiger partial charge in [-0.15, -0.1) is 5.43 Å². The zero-order valence-electron chi connectivity index (χ0n) is 7.71. The van der Waals surface area contributed by atoms with Crippen LogP contribution in [-0.2, 0) is 10.1 Å². The Bertz CT molecular complexity index is 460. The minimum atomic E-state index is -4.70. The van der Waals surface area contributed by atoms with Gasteiger partial charge in [-0.05, 0) is 12.1 Å². The fraction of sp³-hybridized carbons (Fsp3) is 0. The van der Waals surface area contributed by atoms with Crippen LogP contribution in [0.4, 0.5) is 5.69 Å². The molecular formula is C6H5N2NaO5S. The SMILES string of the molecule is O=[N+]([O-])Nc1ccccc1S(=O)(=O)[O-].[Na+]. The number of nitrogens with one attached hydrogen (secondary N) is 1. The van der Waals surface area contributed by atoms with Crippen LogP contribution in [0.5, 0.6) is 0 Å². The number of hydrogen-bond acceptors (Lipinski definition) is 5. The van der Waals surface area contributed by atoms with Crippen LogP contribution in [-0.4, -0.2) is 18.0 Å². The van der Waals surface area contributed by atoms with E-state index in [1.165, 1.54) is 12.1 Å². The topological polar surface area (TPSA) is 112 Å². The van der Waals surface area contributed by atoms with Gasteiger partial charge >= 0.3 is 29.6 Å². The number of nitro groups is 1. The van der Waals surface area contributed by atoms with E-state index in [9.17, 15) is 23.1 Å². The molecule has 1 rings (SSSR count). The van der Waals surface area contributed by atoms with Crippen molar-refractivity contribution < 1.29 is 47.6 Å². The first-order valence-electron chi connectivity index (χ1n) is 3.37. The maximum Gasteiger partial charge on any atom is 1.00 e. The third-order valence-electron chi connectivity index (χ3n) is 1.37. The molecule has 0 fully saturated rings. The van der Waals surface area contributed by atoms with Crippen molar-refractivity contribution in [2.24, 2.45) is 0 Å². The minimum absolute atomic E-state index is 0. The van der Waals surface area contributed by atoms with E-state index in [-0.39, 0.29) is 35.2 Å². The summed E-state index contributed by atoms with van der Waals surface area (Å²) in [5, 5.41) is 9.11. The summed E-state index contributed by atoms with van der Waals surface area (Å²) in [6.45, 7) is 0. The first kappa shape index (κ1) is 14.3. The summed E-state index contributed by atoms with van der Waals surface area (Å²) in [5.41, 5.74) is 1.28. The molecular weight excluding hydrogens is 235 g/mol. The molecule has 0 aliphatic heterocycles. The van der Waals surface area contributed by atoms with E-state index in [1.807, 2.05) is 0 Å². The van der Waals surface area contributed by atoms with Crippen LogP contribution >= 0.6 is 0 Å². The van der Waals surface area contributed by atoms with Gasteiger partial charge in [-0.25, -0.2) is 18.5 Å². The van der Waals surface area contributed by atoms with Crippen LogP contribution in [0.3, 0.4) is 0 Å². The Labute approximate surface area is 108 Å². The second kappa shape index (κ2) is 5.42. The Morgan fingerprint density at radius 2 is 1.80 bits per heavy atom. The van der Waals surface area contributed by atoms with Crippen molar-refractivity contribution >= 4 is 15.8 Å². The molecule has 0 bridgehead atoms. The summed E-state index contributed by atoms with van der Waals surface area (Å²) in [5.74, 6) is 0.